The minimum atomic E-state index is -0.872. The van der Waals surface area contributed by atoms with Crippen molar-refractivity contribution < 1.29 is 19.5 Å². The highest BCUT2D eigenvalue weighted by atomic mass is 16.4. The van der Waals surface area contributed by atoms with Gasteiger partial charge in [-0.2, -0.15) is 0 Å². The molecule has 0 aliphatic heterocycles. The first-order valence-electron chi connectivity index (χ1n) is 6.58. The van der Waals surface area contributed by atoms with Crippen LogP contribution in [-0.4, -0.2) is 42.8 Å². The Morgan fingerprint density at radius 1 is 1.10 bits per heavy atom. The van der Waals surface area contributed by atoms with E-state index in [0.29, 0.717) is 12.5 Å². The summed E-state index contributed by atoms with van der Waals surface area (Å²) in [6.07, 6.45) is 0.761. The third-order valence-corrected chi connectivity index (χ3v) is 2.53. The molecule has 116 valence electrons. The number of primary amides is 1. The topological polar surface area (TPSA) is 134 Å². The van der Waals surface area contributed by atoms with Crippen molar-refractivity contribution in [1.29, 1.82) is 0 Å². The van der Waals surface area contributed by atoms with Gasteiger partial charge in [-0.1, -0.05) is 13.8 Å². The van der Waals surface area contributed by atoms with Crippen molar-refractivity contribution in [2.45, 2.75) is 26.7 Å². The zero-order valence-corrected chi connectivity index (χ0v) is 11.9. The normalized spacial score (nSPS) is 11.8. The van der Waals surface area contributed by atoms with Crippen LogP contribution >= 0.6 is 0 Å². The lowest BCUT2D eigenvalue weighted by molar-refractivity contribution is -0.138. The number of hydrogen-bond acceptors (Lipinski definition) is 3. The number of nitrogens with one attached hydrogen (secondary N) is 3. The Balaban J connectivity index is 3.91. The van der Waals surface area contributed by atoms with Gasteiger partial charge in [-0.25, -0.2) is 9.59 Å². The van der Waals surface area contributed by atoms with Crippen molar-refractivity contribution in [2.24, 2.45) is 17.6 Å². The summed E-state index contributed by atoms with van der Waals surface area (Å²) in [4.78, 5) is 32.6. The second-order valence-corrected chi connectivity index (χ2v) is 5.02. The van der Waals surface area contributed by atoms with Crippen LogP contribution in [-0.2, 0) is 4.79 Å². The monoisotopic (exact) mass is 288 g/mol. The van der Waals surface area contributed by atoms with Gasteiger partial charge in [0.2, 0.25) is 0 Å². The van der Waals surface area contributed by atoms with Gasteiger partial charge in [0.25, 0.3) is 0 Å². The molecule has 6 N–H and O–H groups in total. The molecular weight excluding hydrogens is 264 g/mol. The van der Waals surface area contributed by atoms with E-state index >= 15 is 0 Å². The zero-order valence-electron chi connectivity index (χ0n) is 11.9. The maximum atomic E-state index is 11.5. The van der Waals surface area contributed by atoms with Gasteiger partial charge in [-0.15, -0.1) is 0 Å². The minimum absolute atomic E-state index is 0.0295. The molecule has 4 amide bonds. The van der Waals surface area contributed by atoms with Crippen LogP contribution in [0.15, 0.2) is 0 Å². The predicted octanol–water partition coefficient (Wildman–Crippen LogP) is 0.0909. The number of nitrogens with two attached hydrogens (primary N) is 1. The van der Waals surface area contributed by atoms with Gasteiger partial charge >= 0.3 is 18.0 Å². The molecule has 0 saturated heterocycles. The average Bonchev–Trinajstić information content (AvgIpc) is 2.30. The standard InChI is InChI=1S/C12H24N4O4/c1-8(2)5-9(6-10(17)18)7-16-12(20)15-4-3-14-11(13)19/h8-9H,3-7H2,1-2H3,(H,17,18)(H3,13,14,19)(H2,15,16,20). The summed E-state index contributed by atoms with van der Waals surface area (Å²) in [5.41, 5.74) is 4.87. The van der Waals surface area contributed by atoms with Crippen molar-refractivity contribution in [2.75, 3.05) is 19.6 Å². The zero-order chi connectivity index (χ0) is 15.5. The van der Waals surface area contributed by atoms with Gasteiger partial charge in [0.15, 0.2) is 0 Å². The molecule has 0 heterocycles. The van der Waals surface area contributed by atoms with Crippen LogP contribution in [0.1, 0.15) is 26.7 Å². The van der Waals surface area contributed by atoms with Gasteiger partial charge in [-0.3, -0.25) is 4.79 Å². The number of carbonyl (C=O) groups is 3. The molecule has 0 saturated carbocycles. The van der Waals surface area contributed by atoms with Crippen LogP contribution < -0.4 is 21.7 Å². The van der Waals surface area contributed by atoms with E-state index in [1.807, 2.05) is 13.8 Å². The maximum absolute atomic E-state index is 11.5. The summed E-state index contributed by atoms with van der Waals surface area (Å²) in [6.45, 7) is 4.81. The number of carbonyl (C=O) groups excluding carboxylic acids is 2. The van der Waals surface area contributed by atoms with Crippen molar-refractivity contribution in [3.63, 3.8) is 0 Å². The fraction of sp³-hybridized carbons (Fsp3) is 0.750. The van der Waals surface area contributed by atoms with Crippen LogP contribution in [0.4, 0.5) is 9.59 Å². The Labute approximate surface area is 118 Å². The first-order valence-corrected chi connectivity index (χ1v) is 6.58. The van der Waals surface area contributed by atoms with Crippen LogP contribution in [0.5, 0.6) is 0 Å². The molecule has 0 aromatic carbocycles. The molecule has 8 nitrogen and oxygen atoms in total. The highest BCUT2D eigenvalue weighted by molar-refractivity contribution is 5.74. The lowest BCUT2D eigenvalue weighted by atomic mass is 9.94. The van der Waals surface area contributed by atoms with E-state index in [1.165, 1.54) is 0 Å². The first-order chi connectivity index (χ1) is 9.31. The Morgan fingerprint density at radius 2 is 1.70 bits per heavy atom. The molecule has 0 bridgehead atoms. The summed E-state index contributed by atoms with van der Waals surface area (Å²) >= 11 is 0. The second-order valence-electron chi connectivity index (χ2n) is 5.02. The molecule has 0 aromatic rings. The predicted molar refractivity (Wildman–Crippen MR) is 74.2 cm³/mol. The number of urea groups is 2. The van der Waals surface area contributed by atoms with Crippen molar-refractivity contribution in [3.8, 4) is 0 Å². The second kappa shape index (κ2) is 9.88. The fourth-order valence-corrected chi connectivity index (χ4v) is 1.81. The van der Waals surface area contributed by atoms with Gasteiger partial charge in [0.05, 0.1) is 0 Å². The first kappa shape index (κ1) is 18.0. The molecule has 8 heteroatoms. The van der Waals surface area contributed by atoms with Crippen LogP contribution in [0.2, 0.25) is 0 Å². The highest BCUT2D eigenvalue weighted by Gasteiger charge is 2.15. The SMILES string of the molecule is CC(C)CC(CNC(=O)NCCNC(N)=O)CC(=O)O. The summed E-state index contributed by atoms with van der Waals surface area (Å²) in [6, 6.07) is -1.04. The third-order valence-electron chi connectivity index (χ3n) is 2.53. The van der Waals surface area contributed by atoms with Gasteiger partial charge in [0.1, 0.15) is 0 Å². The quantitative estimate of drug-likeness (QED) is 0.384. The Kier molecular flexibility index (Phi) is 8.89. The lowest BCUT2D eigenvalue weighted by Crippen LogP contribution is -2.43. The van der Waals surface area contributed by atoms with E-state index in [2.05, 4.69) is 16.0 Å². The fourth-order valence-electron chi connectivity index (χ4n) is 1.81. The number of amides is 4. The summed E-state index contributed by atoms with van der Waals surface area (Å²) in [7, 11) is 0. The Morgan fingerprint density at radius 3 is 2.20 bits per heavy atom. The van der Waals surface area contributed by atoms with Gasteiger partial charge < -0.3 is 26.8 Å². The van der Waals surface area contributed by atoms with E-state index < -0.39 is 18.0 Å². The molecule has 0 aliphatic rings. The van der Waals surface area contributed by atoms with E-state index in [-0.39, 0.29) is 25.4 Å². The number of rotatable bonds is 9. The Bertz CT molecular complexity index is 333. The molecular formula is C12H24N4O4. The molecule has 20 heavy (non-hydrogen) atoms. The van der Waals surface area contributed by atoms with Gasteiger partial charge in [-0.05, 0) is 18.3 Å². The highest BCUT2D eigenvalue weighted by Crippen LogP contribution is 2.14. The molecule has 0 rings (SSSR count). The molecule has 0 aromatic heterocycles. The van der Waals surface area contributed by atoms with E-state index in [4.69, 9.17) is 10.8 Å². The van der Waals surface area contributed by atoms with Crippen LogP contribution in [0, 0.1) is 11.8 Å². The summed E-state index contributed by atoms with van der Waals surface area (Å²) < 4.78 is 0. The number of aliphatic carboxylic acids is 1. The largest absolute Gasteiger partial charge is 0.481 e. The maximum Gasteiger partial charge on any atom is 0.314 e. The molecule has 0 spiro atoms. The van der Waals surface area contributed by atoms with Crippen molar-refractivity contribution >= 4 is 18.0 Å². The summed E-state index contributed by atoms with van der Waals surface area (Å²) in [5.74, 6) is -0.602. The number of carboxylic acids is 1. The third kappa shape index (κ3) is 11.1. The molecule has 0 radical (unpaired) electrons. The number of carboxylic acid groups (broad SMARTS) is 1. The number of hydrogen-bond donors (Lipinski definition) is 5. The van der Waals surface area contributed by atoms with E-state index in [9.17, 15) is 14.4 Å². The lowest BCUT2D eigenvalue weighted by Gasteiger charge is -2.18. The Hall–Kier alpha value is -1.99. The van der Waals surface area contributed by atoms with Crippen molar-refractivity contribution in [1.82, 2.24) is 16.0 Å². The van der Waals surface area contributed by atoms with Gasteiger partial charge in [0, 0.05) is 26.1 Å². The van der Waals surface area contributed by atoms with Crippen LogP contribution in [0.25, 0.3) is 0 Å². The average molecular weight is 288 g/mol. The van der Waals surface area contributed by atoms with E-state index in [0.717, 1.165) is 6.42 Å². The minimum Gasteiger partial charge on any atom is -0.481 e. The molecule has 0 aliphatic carbocycles. The molecule has 1 atom stereocenters. The molecule has 0 fully saturated rings. The van der Waals surface area contributed by atoms with Crippen molar-refractivity contribution in [3.05, 3.63) is 0 Å². The summed E-state index contributed by atoms with van der Waals surface area (Å²) in [5, 5.41) is 16.3. The van der Waals surface area contributed by atoms with Crippen LogP contribution in [0.3, 0.4) is 0 Å². The van der Waals surface area contributed by atoms with E-state index in [1.54, 1.807) is 0 Å². The molecule has 1 unspecified atom stereocenters. The smallest absolute Gasteiger partial charge is 0.314 e.